The van der Waals surface area contributed by atoms with Gasteiger partial charge in [-0.1, -0.05) is 0 Å². The fourth-order valence-corrected chi connectivity index (χ4v) is 3.31. The molecule has 1 aromatic rings. The van der Waals surface area contributed by atoms with Crippen LogP contribution >= 0.6 is 0 Å². The predicted molar refractivity (Wildman–Crippen MR) is 67.9 cm³/mol. The molecule has 2 atom stereocenters. The highest BCUT2D eigenvalue weighted by Gasteiger charge is 2.33. The molecule has 0 aromatic carbocycles. The molecule has 3 heterocycles. The molecular formula is C14H22N2O. The number of rotatable bonds is 3. The van der Waals surface area contributed by atoms with E-state index < -0.39 is 0 Å². The van der Waals surface area contributed by atoms with Crippen molar-refractivity contribution in [1.29, 1.82) is 0 Å². The van der Waals surface area contributed by atoms with E-state index in [9.17, 15) is 0 Å². The Balaban J connectivity index is 1.65. The van der Waals surface area contributed by atoms with Gasteiger partial charge in [0.1, 0.15) is 11.5 Å². The van der Waals surface area contributed by atoms with E-state index in [1.807, 2.05) is 6.92 Å². The number of nitrogens with zero attached hydrogens (tertiary/aromatic N) is 1. The minimum Gasteiger partial charge on any atom is -0.465 e. The average molecular weight is 234 g/mol. The van der Waals surface area contributed by atoms with Crippen LogP contribution in [-0.4, -0.2) is 30.1 Å². The quantitative estimate of drug-likeness (QED) is 0.870. The molecule has 2 aliphatic heterocycles. The molecule has 0 spiro atoms. The van der Waals surface area contributed by atoms with Crippen LogP contribution in [0.1, 0.15) is 37.2 Å². The second kappa shape index (κ2) is 4.83. The minimum absolute atomic E-state index is 0.716. The summed E-state index contributed by atoms with van der Waals surface area (Å²) in [5.41, 5.74) is 0. The van der Waals surface area contributed by atoms with E-state index in [-0.39, 0.29) is 0 Å². The van der Waals surface area contributed by atoms with Crippen LogP contribution in [-0.2, 0) is 6.54 Å². The molecule has 0 radical (unpaired) electrons. The molecule has 2 unspecified atom stereocenters. The van der Waals surface area contributed by atoms with Gasteiger partial charge in [-0.2, -0.15) is 0 Å². The maximum absolute atomic E-state index is 5.69. The summed E-state index contributed by atoms with van der Waals surface area (Å²) in [6.45, 7) is 5.43. The largest absolute Gasteiger partial charge is 0.465 e. The Bertz CT molecular complexity index is 368. The number of hydrogen-bond acceptors (Lipinski definition) is 3. The first-order valence-electron chi connectivity index (χ1n) is 6.86. The third-order valence-electron chi connectivity index (χ3n) is 4.13. The fraction of sp³-hybridized carbons (Fsp3) is 0.714. The zero-order valence-electron chi connectivity index (χ0n) is 10.6. The van der Waals surface area contributed by atoms with Crippen molar-refractivity contribution in [2.24, 2.45) is 0 Å². The Morgan fingerprint density at radius 1 is 1.35 bits per heavy atom. The van der Waals surface area contributed by atoms with Crippen LogP contribution < -0.4 is 5.32 Å². The van der Waals surface area contributed by atoms with Gasteiger partial charge < -0.3 is 9.73 Å². The topological polar surface area (TPSA) is 28.4 Å². The molecule has 0 amide bonds. The summed E-state index contributed by atoms with van der Waals surface area (Å²) in [5, 5.41) is 3.65. The van der Waals surface area contributed by atoms with E-state index in [0.29, 0.717) is 6.04 Å². The summed E-state index contributed by atoms with van der Waals surface area (Å²) in [5.74, 6) is 2.14. The lowest BCUT2D eigenvalue weighted by atomic mass is 10.0. The molecular weight excluding hydrogens is 212 g/mol. The molecule has 1 N–H and O–H groups in total. The van der Waals surface area contributed by atoms with Crippen molar-refractivity contribution in [3.05, 3.63) is 23.7 Å². The molecule has 2 fully saturated rings. The van der Waals surface area contributed by atoms with Gasteiger partial charge in [0.15, 0.2) is 0 Å². The molecule has 2 saturated heterocycles. The molecule has 0 bridgehead atoms. The number of likely N-dealkylation sites (tertiary alicyclic amines) is 1. The van der Waals surface area contributed by atoms with Gasteiger partial charge in [-0.3, -0.25) is 4.90 Å². The van der Waals surface area contributed by atoms with E-state index in [2.05, 4.69) is 22.3 Å². The Morgan fingerprint density at radius 3 is 3.00 bits per heavy atom. The summed E-state index contributed by atoms with van der Waals surface area (Å²) in [4.78, 5) is 2.60. The summed E-state index contributed by atoms with van der Waals surface area (Å²) in [7, 11) is 0. The van der Waals surface area contributed by atoms with E-state index >= 15 is 0 Å². The highest BCUT2D eigenvalue weighted by Crippen LogP contribution is 2.26. The maximum atomic E-state index is 5.69. The Kier molecular flexibility index (Phi) is 3.21. The lowest BCUT2D eigenvalue weighted by Crippen LogP contribution is -2.43. The second-order valence-corrected chi connectivity index (χ2v) is 5.40. The van der Waals surface area contributed by atoms with Crippen molar-refractivity contribution in [3.8, 4) is 0 Å². The molecule has 0 saturated carbocycles. The van der Waals surface area contributed by atoms with Crippen LogP contribution in [0, 0.1) is 6.92 Å². The van der Waals surface area contributed by atoms with Gasteiger partial charge in [0.05, 0.1) is 6.54 Å². The monoisotopic (exact) mass is 234 g/mol. The van der Waals surface area contributed by atoms with Crippen LogP contribution in [0.15, 0.2) is 16.5 Å². The molecule has 0 aliphatic carbocycles. The normalized spacial score (nSPS) is 30.2. The third kappa shape index (κ3) is 2.40. The van der Waals surface area contributed by atoms with Gasteiger partial charge in [-0.25, -0.2) is 0 Å². The summed E-state index contributed by atoms with van der Waals surface area (Å²) in [6, 6.07) is 5.62. The first-order valence-corrected chi connectivity index (χ1v) is 6.86. The zero-order valence-corrected chi connectivity index (χ0v) is 10.6. The number of nitrogens with one attached hydrogen (secondary N) is 1. The third-order valence-corrected chi connectivity index (χ3v) is 4.13. The summed E-state index contributed by atoms with van der Waals surface area (Å²) < 4.78 is 5.69. The van der Waals surface area contributed by atoms with Gasteiger partial charge in [-0.05, 0) is 57.8 Å². The van der Waals surface area contributed by atoms with Crippen molar-refractivity contribution < 1.29 is 4.42 Å². The molecule has 3 nitrogen and oxygen atoms in total. The molecule has 2 aliphatic rings. The SMILES string of the molecule is Cc1ccc(CN2CCCC2C2CCCN2)o1. The van der Waals surface area contributed by atoms with Gasteiger partial charge in [0.2, 0.25) is 0 Å². The van der Waals surface area contributed by atoms with Crippen LogP contribution in [0.5, 0.6) is 0 Å². The van der Waals surface area contributed by atoms with Gasteiger partial charge >= 0.3 is 0 Å². The van der Waals surface area contributed by atoms with Crippen molar-refractivity contribution in [2.75, 3.05) is 13.1 Å². The zero-order chi connectivity index (χ0) is 11.7. The van der Waals surface area contributed by atoms with Gasteiger partial charge in [-0.15, -0.1) is 0 Å². The Labute approximate surface area is 103 Å². The van der Waals surface area contributed by atoms with Gasteiger partial charge in [0.25, 0.3) is 0 Å². The van der Waals surface area contributed by atoms with Gasteiger partial charge in [0, 0.05) is 12.1 Å². The lowest BCUT2D eigenvalue weighted by Gasteiger charge is -2.28. The summed E-state index contributed by atoms with van der Waals surface area (Å²) >= 11 is 0. The molecule has 17 heavy (non-hydrogen) atoms. The standard InChI is InChI=1S/C14H22N2O/c1-11-6-7-12(17-11)10-16-9-3-5-14(16)13-4-2-8-15-13/h6-7,13-15H,2-5,8-10H2,1H3. The smallest absolute Gasteiger partial charge is 0.118 e. The van der Waals surface area contributed by atoms with Crippen molar-refractivity contribution in [2.45, 2.75) is 51.2 Å². The maximum Gasteiger partial charge on any atom is 0.118 e. The van der Waals surface area contributed by atoms with E-state index in [1.54, 1.807) is 0 Å². The predicted octanol–water partition coefficient (Wildman–Crippen LogP) is 2.30. The van der Waals surface area contributed by atoms with Crippen LogP contribution in [0.25, 0.3) is 0 Å². The minimum atomic E-state index is 0.716. The highest BCUT2D eigenvalue weighted by molar-refractivity contribution is 5.06. The number of aryl methyl sites for hydroxylation is 1. The molecule has 94 valence electrons. The van der Waals surface area contributed by atoms with Crippen LogP contribution in [0.2, 0.25) is 0 Å². The fourth-order valence-electron chi connectivity index (χ4n) is 3.31. The van der Waals surface area contributed by atoms with Crippen LogP contribution in [0.3, 0.4) is 0 Å². The Morgan fingerprint density at radius 2 is 2.29 bits per heavy atom. The lowest BCUT2D eigenvalue weighted by molar-refractivity contribution is 0.191. The first-order chi connectivity index (χ1) is 8.33. The average Bonchev–Trinajstić information content (AvgIpc) is 3.00. The number of hydrogen-bond donors (Lipinski definition) is 1. The Hall–Kier alpha value is -0.800. The van der Waals surface area contributed by atoms with Crippen molar-refractivity contribution in [1.82, 2.24) is 10.2 Å². The number of furan rings is 1. The van der Waals surface area contributed by atoms with E-state index in [1.165, 1.54) is 38.8 Å². The van der Waals surface area contributed by atoms with Crippen molar-refractivity contribution in [3.63, 3.8) is 0 Å². The van der Waals surface area contributed by atoms with Crippen molar-refractivity contribution >= 4 is 0 Å². The van der Waals surface area contributed by atoms with E-state index in [4.69, 9.17) is 4.42 Å². The molecule has 1 aromatic heterocycles. The molecule has 3 heteroatoms. The van der Waals surface area contributed by atoms with Crippen LogP contribution in [0.4, 0.5) is 0 Å². The van der Waals surface area contributed by atoms with E-state index in [0.717, 1.165) is 24.1 Å². The molecule has 3 rings (SSSR count). The summed E-state index contributed by atoms with van der Waals surface area (Å²) in [6.07, 6.45) is 5.37. The second-order valence-electron chi connectivity index (χ2n) is 5.40. The highest BCUT2D eigenvalue weighted by atomic mass is 16.3. The first kappa shape index (κ1) is 11.3.